The van der Waals surface area contributed by atoms with Crippen LogP contribution in [0.25, 0.3) is 0 Å². The number of halogens is 2. The Hall–Kier alpha value is -3.49. The van der Waals surface area contributed by atoms with E-state index in [1.807, 2.05) is 0 Å². The second-order valence-corrected chi connectivity index (χ2v) is 5.60. The van der Waals surface area contributed by atoms with Crippen LogP contribution in [-0.4, -0.2) is 38.2 Å². The van der Waals surface area contributed by atoms with Crippen molar-refractivity contribution in [3.63, 3.8) is 0 Å². The van der Waals surface area contributed by atoms with Crippen LogP contribution < -0.4 is 10.1 Å². The van der Waals surface area contributed by atoms with Gasteiger partial charge in [0, 0.05) is 6.07 Å². The van der Waals surface area contributed by atoms with Crippen LogP contribution in [0.5, 0.6) is 5.75 Å². The van der Waals surface area contributed by atoms with Crippen molar-refractivity contribution in [2.75, 3.05) is 19.5 Å². The van der Waals surface area contributed by atoms with Crippen molar-refractivity contribution >= 4 is 23.5 Å². The molecule has 0 aliphatic heterocycles. The number of carbonyl (C=O) groups is 3. The van der Waals surface area contributed by atoms with Gasteiger partial charge in [-0.1, -0.05) is 0 Å². The van der Waals surface area contributed by atoms with Crippen LogP contribution in [-0.2, 0) is 14.3 Å². The third-order valence-electron chi connectivity index (χ3n) is 3.62. The molecule has 148 valence electrons. The fourth-order valence-electron chi connectivity index (χ4n) is 2.22. The molecule has 2 aromatic carbocycles. The van der Waals surface area contributed by atoms with Gasteiger partial charge in [0.15, 0.2) is 6.10 Å². The van der Waals surface area contributed by atoms with E-state index >= 15 is 0 Å². The molecule has 1 N–H and O–H groups in total. The van der Waals surface area contributed by atoms with E-state index in [1.165, 1.54) is 39.3 Å². The number of anilines is 1. The van der Waals surface area contributed by atoms with Gasteiger partial charge in [-0.05, 0) is 37.3 Å². The first-order valence-corrected chi connectivity index (χ1v) is 7.99. The quantitative estimate of drug-likeness (QED) is 0.759. The van der Waals surface area contributed by atoms with Crippen LogP contribution in [0.3, 0.4) is 0 Å². The Bertz CT molecular complexity index is 881. The van der Waals surface area contributed by atoms with Crippen molar-refractivity contribution in [1.29, 1.82) is 0 Å². The van der Waals surface area contributed by atoms with Crippen LogP contribution in [0.1, 0.15) is 27.6 Å². The number of carbonyl (C=O) groups excluding carboxylic acids is 3. The standard InChI is InChI=1S/C19H17F2NO6/c1-10(17(23)22-16-5-4-13(20)9-15(16)21)28-14-7-11(18(24)26-2)6-12(8-14)19(25)27-3/h4-10H,1-3H3,(H,22,23)/t10-/m0/s1. The van der Waals surface area contributed by atoms with E-state index < -0.39 is 35.6 Å². The summed E-state index contributed by atoms with van der Waals surface area (Å²) in [5.41, 5.74) is -0.199. The normalized spacial score (nSPS) is 11.3. The topological polar surface area (TPSA) is 90.9 Å². The molecule has 0 saturated carbocycles. The van der Waals surface area contributed by atoms with Crippen LogP contribution in [0.2, 0.25) is 0 Å². The van der Waals surface area contributed by atoms with Crippen LogP contribution in [0.4, 0.5) is 14.5 Å². The van der Waals surface area contributed by atoms with Crippen molar-refractivity contribution in [1.82, 2.24) is 0 Å². The molecular formula is C19H17F2NO6. The number of hydrogen-bond acceptors (Lipinski definition) is 6. The van der Waals surface area contributed by atoms with Gasteiger partial charge in [-0.15, -0.1) is 0 Å². The molecule has 9 heteroatoms. The van der Waals surface area contributed by atoms with E-state index in [1.54, 1.807) is 0 Å². The molecule has 1 atom stereocenters. The smallest absolute Gasteiger partial charge is 0.338 e. The summed E-state index contributed by atoms with van der Waals surface area (Å²) in [6.07, 6.45) is -1.14. The summed E-state index contributed by atoms with van der Waals surface area (Å²) in [5.74, 6) is -3.88. The highest BCUT2D eigenvalue weighted by atomic mass is 19.1. The fraction of sp³-hybridized carbons (Fsp3) is 0.211. The van der Waals surface area contributed by atoms with Crippen molar-refractivity contribution in [3.8, 4) is 5.75 Å². The number of hydrogen-bond donors (Lipinski definition) is 1. The fourth-order valence-corrected chi connectivity index (χ4v) is 2.22. The summed E-state index contributed by atoms with van der Waals surface area (Å²) in [6, 6.07) is 6.50. The molecule has 0 bridgehead atoms. The van der Waals surface area contributed by atoms with E-state index in [9.17, 15) is 23.2 Å². The van der Waals surface area contributed by atoms with E-state index in [4.69, 9.17) is 4.74 Å². The minimum Gasteiger partial charge on any atom is -0.481 e. The molecule has 2 rings (SSSR count). The molecule has 0 aliphatic rings. The van der Waals surface area contributed by atoms with Crippen LogP contribution in [0, 0.1) is 11.6 Å². The number of nitrogens with one attached hydrogen (secondary N) is 1. The minimum atomic E-state index is -1.14. The molecule has 0 spiro atoms. The first-order chi connectivity index (χ1) is 13.2. The summed E-state index contributed by atoms with van der Waals surface area (Å²) >= 11 is 0. The zero-order valence-corrected chi connectivity index (χ0v) is 15.2. The van der Waals surface area contributed by atoms with Crippen LogP contribution >= 0.6 is 0 Å². The Labute approximate surface area is 159 Å². The predicted molar refractivity (Wildman–Crippen MR) is 94.2 cm³/mol. The largest absolute Gasteiger partial charge is 0.481 e. The van der Waals surface area contributed by atoms with E-state index in [0.29, 0.717) is 6.07 Å². The molecule has 0 radical (unpaired) electrons. The molecule has 0 aliphatic carbocycles. The predicted octanol–water partition coefficient (Wildman–Crippen LogP) is 2.94. The maximum Gasteiger partial charge on any atom is 0.338 e. The van der Waals surface area contributed by atoms with Crippen molar-refractivity contribution < 1.29 is 37.4 Å². The number of benzene rings is 2. The Morgan fingerprint density at radius 2 is 1.50 bits per heavy atom. The van der Waals surface area contributed by atoms with Gasteiger partial charge in [0.1, 0.15) is 17.4 Å². The molecular weight excluding hydrogens is 376 g/mol. The van der Waals surface area contributed by atoms with E-state index in [2.05, 4.69) is 14.8 Å². The lowest BCUT2D eigenvalue weighted by molar-refractivity contribution is -0.122. The van der Waals surface area contributed by atoms with Crippen molar-refractivity contribution in [2.45, 2.75) is 13.0 Å². The van der Waals surface area contributed by atoms with Gasteiger partial charge < -0.3 is 19.5 Å². The Balaban J connectivity index is 2.21. The number of amides is 1. The van der Waals surface area contributed by atoms with Crippen molar-refractivity contribution in [2.24, 2.45) is 0 Å². The molecule has 7 nitrogen and oxygen atoms in total. The Morgan fingerprint density at radius 1 is 0.929 bits per heavy atom. The lowest BCUT2D eigenvalue weighted by Crippen LogP contribution is -2.30. The highest BCUT2D eigenvalue weighted by molar-refractivity contribution is 5.96. The lowest BCUT2D eigenvalue weighted by atomic mass is 10.1. The number of rotatable bonds is 6. The minimum absolute atomic E-state index is 0.0117. The van der Waals surface area contributed by atoms with E-state index in [-0.39, 0.29) is 22.6 Å². The molecule has 28 heavy (non-hydrogen) atoms. The molecule has 2 aromatic rings. The highest BCUT2D eigenvalue weighted by Crippen LogP contribution is 2.21. The first-order valence-electron chi connectivity index (χ1n) is 7.99. The summed E-state index contributed by atoms with van der Waals surface area (Å²) in [4.78, 5) is 35.8. The van der Waals surface area contributed by atoms with Gasteiger partial charge in [-0.2, -0.15) is 0 Å². The monoisotopic (exact) mass is 393 g/mol. The second kappa shape index (κ2) is 8.94. The zero-order valence-electron chi connectivity index (χ0n) is 15.2. The SMILES string of the molecule is COC(=O)c1cc(O[C@@H](C)C(=O)Nc2ccc(F)cc2F)cc(C(=O)OC)c1. The Morgan fingerprint density at radius 3 is 2.00 bits per heavy atom. The van der Waals surface area contributed by atoms with Gasteiger partial charge in [0.25, 0.3) is 5.91 Å². The number of methoxy groups -OCH3 is 2. The van der Waals surface area contributed by atoms with E-state index in [0.717, 1.165) is 12.1 Å². The average Bonchev–Trinajstić information content (AvgIpc) is 2.68. The van der Waals surface area contributed by atoms with Gasteiger partial charge in [-0.25, -0.2) is 18.4 Å². The third-order valence-corrected chi connectivity index (χ3v) is 3.62. The molecule has 0 fully saturated rings. The highest BCUT2D eigenvalue weighted by Gasteiger charge is 2.20. The number of ether oxygens (including phenoxy) is 3. The van der Waals surface area contributed by atoms with Crippen molar-refractivity contribution in [3.05, 3.63) is 59.2 Å². The molecule has 0 unspecified atom stereocenters. The summed E-state index contributed by atoms with van der Waals surface area (Å²) in [5, 5.41) is 2.27. The van der Waals surface area contributed by atoms with Gasteiger partial charge in [0.05, 0.1) is 31.0 Å². The van der Waals surface area contributed by atoms with Gasteiger partial charge in [-0.3, -0.25) is 4.79 Å². The second-order valence-electron chi connectivity index (χ2n) is 5.60. The molecule has 0 saturated heterocycles. The lowest BCUT2D eigenvalue weighted by Gasteiger charge is -2.16. The van der Waals surface area contributed by atoms with Crippen LogP contribution in [0.15, 0.2) is 36.4 Å². The zero-order chi connectivity index (χ0) is 20.8. The maximum atomic E-state index is 13.7. The Kier molecular flexibility index (Phi) is 6.64. The summed E-state index contributed by atoms with van der Waals surface area (Å²) < 4.78 is 41.3. The summed E-state index contributed by atoms with van der Waals surface area (Å²) in [7, 11) is 2.34. The molecule has 1 amide bonds. The first kappa shape index (κ1) is 20.8. The summed E-state index contributed by atoms with van der Waals surface area (Å²) in [6.45, 7) is 1.37. The third kappa shape index (κ3) is 5.03. The van der Waals surface area contributed by atoms with Gasteiger partial charge >= 0.3 is 11.9 Å². The van der Waals surface area contributed by atoms with Gasteiger partial charge in [0.2, 0.25) is 0 Å². The molecule has 0 heterocycles. The number of esters is 2. The maximum absolute atomic E-state index is 13.7. The average molecular weight is 393 g/mol. The molecule has 0 aromatic heterocycles.